The quantitative estimate of drug-likeness (QED) is 0.928. The molecule has 0 radical (unpaired) electrons. The number of ether oxygens (including phenoxy) is 1. The molecule has 22 heavy (non-hydrogen) atoms. The zero-order valence-electron chi connectivity index (χ0n) is 12.0. The molecular formula is C15H17NO5S. The van der Waals surface area contributed by atoms with Crippen molar-refractivity contribution in [1.29, 1.82) is 0 Å². The van der Waals surface area contributed by atoms with E-state index in [1.807, 2.05) is 6.07 Å². The predicted octanol–water partition coefficient (Wildman–Crippen LogP) is 1.78. The standard InChI is InChI=1S/C15H17NO5S/c1-20-13-5-2-4-11(8-13)14-9-12(17)10-16(14)22(18,19)15-6-3-7-21-15/h2-8,12,14,17H,9-10H2,1H3/t12-,14+/m1/s1. The third-order valence-corrected chi connectivity index (χ3v) is 5.53. The van der Waals surface area contributed by atoms with Crippen molar-refractivity contribution in [2.24, 2.45) is 0 Å². The fourth-order valence-electron chi connectivity index (χ4n) is 2.73. The second kappa shape index (κ2) is 5.75. The number of methoxy groups -OCH3 is 1. The van der Waals surface area contributed by atoms with Crippen molar-refractivity contribution in [3.8, 4) is 5.75 Å². The van der Waals surface area contributed by atoms with Gasteiger partial charge in [0.15, 0.2) is 0 Å². The summed E-state index contributed by atoms with van der Waals surface area (Å²) < 4.78 is 36.8. The van der Waals surface area contributed by atoms with Crippen LogP contribution in [0.15, 0.2) is 52.2 Å². The average Bonchev–Trinajstić information content (AvgIpc) is 3.17. The normalized spacial score (nSPS) is 22.8. The molecule has 1 fully saturated rings. The van der Waals surface area contributed by atoms with Gasteiger partial charge in [0, 0.05) is 6.54 Å². The molecule has 0 amide bonds. The van der Waals surface area contributed by atoms with Gasteiger partial charge in [-0.2, -0.15) is 4.31 Å². The molecule has 6 nitrogen and oxygen atoms in total. The maximum atomic E-state index is 12.7. The van der Waals surface area contributed by atoms with Gasteiger partial charge < -0.3 is 14.3 Å². The molecule has 1 aliphatic rings. The van der Waals surface area contributed by atoms with Gasteiger partial charge in [-0.15, -0.1) is 0 Å². The van der Waals surface area contributed by atoms with Crippen LogP contribution in [0.2, 0.25) is 0 Å². The smallest absolute Gasteiger partial charge is 0.277 e. The van der Waals surface area contributed by atoms with E-state index < -0.39 is 22.2 Å². The molecule has 2 atom stereocenters. The van der Waals surface area contributed by atoms with Crippen molar-refractivity contribution in [2.45, 2.75) is 23.7 Å². The van der Waals surface area contributed by atoms with Crippen LogP contribution in [-0.4, -0.2) is 37.6 Å². The Balaban J connectivity index is 1.99. The van der Waals surface area contributed by atoms with Crippen LogP contribution in [0.5, 0.6) is 5.75 Å². The van der Waals surface area contributed by atoms with Crippen LogP contribution in [0.1, 0.15) is 18.0 Å². The molecular weight excluding hydrogens is 306 g/mol. The van der Waals surface area contributed by atoms with Crippen LogP contribution in [0.3, 0.4) is 0 Å². The molecule has 0 unspecified atom stereocenters. The first-order chi connectivity index (χ1) is 10.5. The van der Waals surface area contributed by atoms with Gasteiger partial charge in [-0.3, -0.25) is 0 Å². The number of benzene rings is 1. The van der Waals surface area contributed by atoms with Gasteiger partial charge in [-0.05, 0) is 36.2 Å². The lowest BCUT2D eigenvalue weighted by molar-refractivity contribution is 0.188. The first-order valence-electron chi connectivity index (χ1n) is 6.89. The summed E-state index contributed by atoms with van der Waals surface area (Å²) in [7, 11) is -2.22. The maximum absolute atomic E-state index is 12.7. The van der Waals surface area contributed by atoms with Crippen molar-refractivity contribution < 1.29 is 22.7 Å². The molecule has 2 aromatic rings. The van der Waals surface area contributed by atoms with Gasteiger partial charge in [-0.1, -0.05) is 12.1 Å². The second-order valence-electron chi connectivity index (χ2n) is 5.19. The van der Waals surface area contributed by atoms with Crippen LogP contribution in [0, 0.1) is 0 Å². The molecule has 1 aromatic carbocycles. The first-order valence-corrected chi connectivity index (χ1v) is 8.34. The summed E-state index contributed by atoms with van der Waals surface area (Å²) in [5.74, 6) is 0.647. The summed E-state index contributed by atoms with van der Waals surface area (Å²) in [6.45, 7) is 0.0465. The molecule has 1 aromatic heterocycles. The summed E-state index contributed by atoms with van der Waals surface area (Å²) in [5, 5.41) is 9.83. The number of furan rings is 1. The highest BCUT2D eigenvalue weighted by atomic mass is 32.2. The minimum Gasteiger partial charge on any atom is -0.497 e. The summed E-state index contributed by atoms with van der Waals surface area (Å²) in [6, 6.07) is 9.70. The Morgan fingerprint density at radius 2 is 2.14 bits per heavy atom. The van der Waals surface area contributed by atoms with E-state index in [1.165, 1.54) is 22.7 Å². The van der Waals surface area contributed by atoms with E-state index in [-0.39, 0.29) is 11.6 Å². The second-order valence-corrected chi connectivity index (χ2v) is 7.01. The molecule has 0 bridgehead atoms. The number of nitrogens with zero attached hydrogens (tertiary/aromatic N) is 1. The molecule has 118 valence electrons. The highest BCUT2D eigenvalue weighted by Gasteiger charge is 2.41. The highest BCUT2D eigenvalue weighted by Crippen LogP contribution is 2.37. The first kappa shape index (κ1) is 15.1. The molecule has 1 saturated heterocycles. The average molecular weight is 323 g/mol. The minimum absolute atomic E-state index is 0.0465. The lowest BCUT2D eigenvalue weighted by atomic mass is 10.0. The number of aliphatic hydroxyl groups excluding tert-OH is 1. The van der Waals surface area contributed by atoms with E-state index in [0.29, 0.717) is 12.2 Å². The maximum Gasteiger partial charge on any atom is 0.277 e. The number of rotatable bonds is 4. The van der Waals surface area contributed by atoms with E-state index in [1.54, 1.807) is 25.3 Å². The Kier molecular flexibility index (Phi) is 3.94. The molecule has 7 heteroatoms. The van der Waals surface area contributed by atoms with Gasteiger partial charge >= 0.3 is 0 Å². The third-order valence-electron chi connectivity index (χ3n) is 3.77. The predicted molar refractivity (Wildman–Crippen MR) is 79.0 cm³/mol. The SMILES string of the molecule is COc1cccc([C@@H]2C[C@@H](O)CN2S(=O)(=O)c2ccco2)c1. The van der Waals surface area contributed by atoms with E-state index in [0.717, 1.165) is 5.56 Å². The van der Waals surface area contributed by atoms with Crippen molar-refractivity contribution in [3.63, 3.8) is 0 Å². The van der Waals surface area contributed by atoms with Gasteiger partial charge in [0.1, 0.15) is 5.75 Å². The Morgan fingerprint density at radius 3 is 2.82 bits per heavy atom. The Bertz CT molecular complexity index is 741. The number of aliphatic hydroxyl groups is 1. The summed E-state index contributed by atoms with van der Waals surface area (Å²) in [4.78, 5) is 0. The zero-order chi connectivity index (χ0) is 15.7. The largest absolute Gasteiger partial charge is 0.497 e. The van der Waals surface area contributed by atoms with Crippen LogP contribution in [0.4, 0.5) is 0 Å². The van der Waals surface area contributed by atoms with E-state index in [2.05, 4.69) is 0 Å². The monoisotopic (exact) mass is 323 g/mol. The number of β-amino-alcohol motifs (C(OH)–C–C–N with tert-alkyl or cyclic N) is 1. The number of sulfonamides is 1. The Hall–Kier alpha value is -1.83. The fourth-order valence-corrected chi connectivity index (χ4v) is 4.30. The Morgan fingerprint density at radius 1 is 1.32 bits per heavy atom. The van der Waals surface area contributed by atoms with Gasteiger partial charge in [-0.25, -0.2) is 8.42 Å². The topological polar surface area (TPSA) is 80.0 Å². The molecule has 0 aliphatic carbocycles. The molecule has 3 rings (SSSR count). The highest BCUT2D eigenvalue weighted by molar-refractivity contribution is 7.89. The Labute approximate surface area is 129 Å². The number of hydrogen-bond acceptors (Lipinski definition) is 5. The van der Waals surface area contributed by atoms with Crippen LogP contribution in [-0.2, 0) is 10.0 Å². The lowest BCUT2D eigenvalue weighted by Gasteiger charge is -2.23. The third kappa shape index (κ3) is 2.63. The van der Waals surface area contributed by atoms with Gasteiger partial charge in [0.05, 0.1) is 25.5 Å². The molecule has 2 heterocycles. The lowest BCUT2D eigenvalue weighted by Crippen LogP contribution is -2.31. The van der Waals surface area contributed by atoms with E-state index in [4.69, 9.17) is 9.15 Å². The fraction of sp³-hybridized carbons (Fsp3) is 0.333. The van der Waals surface area contributed by atoms with Crippen LogP contribution >= 0.6 is 0 Å². The van der Waals surface area contributed by atoms with Gasteiger partial charge in [0.25, 0.3) is 10.0 Å². The van der Waals surface area contributed by atoms with Crippen molar-refractivity contribution in [3.05, 3.63) is 48.2 Å². The van der Waals surface area contributed by atoms with Crippen molar-refractivity contribution in [1.82, 2.24) is 4.31 Å². The molecule has 0 saturated carbocycles. The number of hydrogen-bond donors (Lipinski definition) is 1. The summed E-state index contributed by atoms with van der Waals surface area (Å²) in [5.41, 5.74) is 0.783. The van der Waals surface area contributed by atoms with Crippen LogP contribution in [0.25, 0.3) is 0 Å². The molecule has 1 aliphatic heterocycles. The van der Waals surface area contributed by atoms with Crippen LogP contribution < -0.4 is 4.74 Å². The molecule has 0 spiro atoms. The van der Waals surface area contributed by atoms with E-state index in [9.17, 15) is 13.5 Å². The van der Waals surface area contributed by atoms with Crippen molar-refractivity contribution >= 4 is 10.0 Å². The van der Waals surface area contributed by atoms with Crippen molar-refractivity contribution in [2.75, 3.05) is 13.7 Å². The zero-order valence-corrected chi connectivity index (χ0v) is 12.9. The summed E-state index contributed by atoms with van der Waals surface area (Å²) in [6.07, 6.45) is 0.952. The summed E-state index contributed by atoms with van der Waals surface area (Å²) >= 11 is 0. The van der Waals surface area contributed by atoms with E-state index >= 15 is 0 Å². The van der Waals surface area contributed by atoms with Gasteiger partial charge in [0.2, 0.25) is 5.09 Å². The minimum atomic E-state index is -3.78. The molecule has 1 N–H and O–H groups in total.